The fraction of sp³-hybridized carbons (Fsp3) is 0.500. The molecule has 1 N–H and O–H groups in total. The topological polar surface area (TPSA) is 23.5 Å². The number of hydrogen-bond acceptors (Lipinski definition) is 2. The third kappa shape index (κ3) is 2.45. The Labute approximate surface area is 106 Å². The SMILES string of the molecule is OCC1CCN(c2cccc(Cl)c2Cl)CC1. The number of halogens is 2. The molecule has 0 aromatic heterocycles. The summed E-state index contributed by atoms with van der Waals surface area (Å²) < 4.78 is 0. The number of piperidine rings is 1. The molecule has 1 aromatic rings. The minimum absolute atomic E-state index is 0.289. The molecule has 0 atom stereocenters. The number of hydrogen-bond donors (Lipinski definition) is 1. The van der Waals surface area contributed by atoms with E-state index in [4.69, 9.17) is 28.3 Å². The van der Waals surface area contributed by atoms with Crippen molar-refractivity contribution in [3.05, 3.63) is 28.2 Å². The first-order chi connectivity index (χ1) is 7.72. The Morgan fingerprint density at radius 2 is 1.94 bits per heavy atom. The molecule has 1 aliphatic heterocycles. The molecule has 1 aromatic carbocycles. The molecule has 2 nitrogen and oxygen atoms in total. The lowest BCUT2D eigenvalue weighted by Gasteiger charge is -2.33. The Morgan fingerprint density at radius 3 is 2.56 bits per heavy atom. The van der Waals surface area contributed by atoms with Crippen LogP contribution in [0.15, 0.2) is 18.2 Å². The summed E-state index contributed by atoms with van der Waals surface area (Å²) in [6, 6.07) is 5.71. The summed E-state index contributed by atoms with van der Waals surface area (Å²) >= 11 is 12.2. The zero-order chi connectivity index (χ0) is 11.5. The summed E-state index contributed by atoms with van der Waals surface area (Å²) in [5.41, 5.74) is 1.01. The third-order valence-electron chi connectivity index (χ3n) is 3.14. The molecule has 4 heteroatoms. The highest BCUT2D eigenvalue weighted by molar-refractivity contribution is 6.43. The summed E-state index contributed by atoms with van der Waals surface area (Å²) in [5, 5.41) is 10.3. The van der Waals surface area contributed by atoms with E-state index in [1.165, 1.54) is 0 Å². The molecular formula is C12H15Cl2NO. The van der Waals surface area contributed by atoms with Gasteiger partial charge in [0.05, 0.1) is 15.7 Å². The van der Waals surface area contributed by atoms with Gasteiger partial charge < -0.3 is 10.0 Å². The van der Waals surface area contributed by atoms with E-state index in [-0.39, 0.29) is 6.61 Å². The molecular weight excluding hydrogens is 245 g/mol. The molecule has 1 aliphatic rings. The highest BCUT2D eigenvalue weighted by atomic mass is 35.5. The van der Waals surface area contributed by atoms with E-state index in [9.17, 15) is 0 Å². The van der Waals surface area contributed by atoms with Crippen molar-refractivity contribution in [2.45, 2.75) is 12.8 Å². The van der Waals surface area contributed by atoms with E-state index >= 15 is 0 Å². The van der Waals surface area contributed by atoms with Crippen LogP contribution in [-0.2, 0) is 0 Å². The first-order valence-corrected chi connectivity index (χ1v) is 6.27. The number of aliphatic hydroxyl groups is 1. The van der Waals surface area contributed by atoms with Crippen molar-refractivity contribution in [3.63, 3.8) is 0 Å². The number of benzene rings is 1. The molecule has 2 rings (SSSR count). The van der Waals surface area contributed by atoms with E-state index in [2.05, 4.69) is 4.90 Å². The van der Waals surface area contributed by atoms with Crippen LogP contribution in [0.3, 0.4) is 0 Å². The van der Waals surface area contributed by atoms with Crippen LogP contribution >= 0.6 is 23.2 Å². The smallest absolute Gasteiger partial charge is 0.0825 e. The quantitative estimate of drug-likeness (QED) is 0.882. The molecule has 88 valence electrons. The molecule has 1 fully saturated rings. The number of nitrogens with zero attached hydrogens (tertiary/aromatic N) is 1. The number of anilines is 1. The lowest BCUT2D eigenvalue weighted by atomic mass is 9.97. The molecule has 0 bridgehead atoms. The van der Waals surface area contributed by atoms with Gasteiger partial charge in [-0.2, -0.15) is 0 Å². The fourth-order valence-corrected chi connectivity index (χ4v) is 2.51. The van der Waals surface area contributed by atoms with Crippen molar-refractivity contribution in [2.24, 2.45) is 5.92 Å². The van der Waals surface area contributed by atoms with E-state index in [0.717, 1.165) is 31.6 Å². The molecule has 0 radical (unpaired) electrons. The van der Waals surface area contributed by atoms with Gasteiger partial charge in [-0.25, -0.2) is 0 Å². The van der Waals surface area contributed by atoms with Crippen molar-refractivity contribution in [1.29, 1.82) is 0 Å². The Hall–Kier alpha value is -0.440. The van der Waals surface area contributed by atoms with Crippen LogP contribution in [0, 0.1) is 5.92 Å². The van der Waals surface area contributed by atoms with Crippen LogP contribution in [0.25, 0.3) is 0 Å². The van der Waals surface area contributed by atoms with Crippen molar-refractivity contribution >= 4 is 28.9 Å². The minimum atomic E-state index is 0.289. The molecule has 0 unspecified atom stereocenters. The Morgan fingerprint density at radius 1 is 1.25 bits per heavy atom. The Kier molecular flexibility index (Phi) is 3.95. The highest BCUT2D eigenvalue weighted by Crippen LogP contribution is 2.34. The van der Waals surface area contributed by atoms with Gasteiger partial charge in [0.2, 0.25) is 0 Å². The van der Waals surface area contributed by atoms with Crippen molar-refractivity contribution in [2.75, 3.05) is 24.6 Å². The third-order valence-corrected chi connectivity index (χ3v) is 3.95. The summed E-state index contributed by atoms with van der Waals surface area (Å²) in [6.45, 7) is 2.16. The summed E-state index contributed by atoms with van der Waals surface area (Å²) in [5.74, 6) is 0.439. The van der Waals surface area contributed by atoms with E-state index in [1.54, 1.807) is 6.07 Å². The molecule has 16 heavy (non-hydrogen) atoms. The van der Waals surface area contributed by atoms with Gasteiger partial charge >= 0.3 is 0 Å². The standard InChI is InChI=1S/C12H15Cl2NO/c13-10-2-1-3-11(12(10)14)15-6-4-9(8-16)5-7-15/h1-3,9,16H,4-8H2. The largest absolute Gasteiger partial charge is 0.396 e. The molecule has 0 aliphatic carbocycles. The van der Waals surface area contributed by atoms with E-state index in [1.807, 2.05) is 12.1 Å². The average molecular weight is 260 g/mol. The van der Waals surface area contributed by atoms with Crippen LogP contribution in [-0.4, -0.2) is 24.8 Å². The summed E-state index contributed by atoms with van der Waals surface area (Å²) in [7, 11) is 0. The Balaban J connectivity index is 2.11. The second-order valence-corrected chi connectivity index (χ2v) is 4.97. The van der Waals surface area contributed by atoms with E-state index in [0.29, 0.717) is 16.0 Å². The zero-order valence-corrected chi connectivity index (χ0v) is 10.5. The number of rotatable bonds is 2. The molecule has 1 saturated heterocycles. The highest BCUT2D eigenvalue weighted by Gasteiger charge is 2.20. The zero-order valence-electron chi connectivity index (χ0n) is 9.00. The van der Waals surface area contributed by atoms with Gasteiger partial charge in [0.25, 0.3) is 0 Å². The second kappa shape index (κ2) is 5.26. The maximum absolute atomic E-state index is 9.08. The summed E-state index contributed by atoms with van der Waals surface area (Å²) in [6.07, 6.45) is 2.03. The molecule has 0 spiro atoms. The number of aliphatic hydroxyl groups excluding tert-OH is 1. The average Bonchev–Trinajstić information content (AvgIpc) is 2.33. The van der Waals surface area contributed by atoms with Gasteiger partial charge in [0, 0.05) is 19.7 Å². The normalized spacial score (nSPS) is 17.8. The van der Waals surface area contributed by atoms with Crippen molar-refractivity contribution in [3.8, 4) is 0 Å². The van der Waals surface area contributed by atoms with Gasteiger partial charge in [-0.3, -0.25) is 0 Å². The van der Waals surface area contributed by atoms with Gasteiger partial charge in [-0.1, -0.05) is 29.3 Å². The van der Waals surface area contributed by atoms with Gasteiger partial charge in [0.1, 0.15) is 0 Å². The van der Waals surface area contributed by atoms with Crippen LogP contribution in [0.4, 0.5) is 5.69 Å². The first kappa shape index (κ1) is 12.0. The fourth-order valence-electron chi connectivity index (χ4n) is 2.09. The second-order valence-electron chi connectivity index (χ2n) is 4.19. The van der Waals surface area contributed by atoms with Gasteiger partial charge in [-0.15, -0.1) is 0 Å². The van der Waals surface area contributed by atoms with Crippen LogP contribution < -0.4 is 4.90 Å². The lowest BCUT2D eigenvalue weighted by molar-refractivity contribution is 0.203. The predicted octanol–water partition coefficient (Wildman–Crippen LogP) is 3.20. The lowest BCUT2D eigenvalue weighted by Crippen LogP contribution is -2.34. The van der Waals surface area contributed by atoms with Crippen molar-refractivity contribution in [1.82, 2.24) is 0 Å². The molecule has 0 amide bonds. The first-order valence-electron chi connectivity index (χ1n) is 5.52. The molecule has 1 heterocycles. The Bertz CT molecular complexity index is 362. The summed E-state index contributed by atoms with van der Waals surface area (Å²) in [4.78, 5) is 2.24. The maximum atomic E-state index is 9.08. The van der Waals surface area contributed by atoms with E-state index < -0.39 is 0 Å². The van der Waals surface area contributed by atoms with Crippen LogP contribution in [0.2, 0.25) is 10.0 Å². The van der Waals surface area contributed by atoms with Crippen LogP contribution in [0.5, 0.6) is 0 Å². The van der Waals surface area contributed by atoms with Crippen LogP contribution in [0.1, 0.15) is 12.8 Å². The van der Waals surface area contributed by atoms with Gasteiger partial charge in [-0.05, 0) is 30.9 Å². The van der Waals surface area contributed by atoms with Crippen molar-refractivity contribution < 1.29 is 5.11 Å². The molecule has 0 saturated carbocycles. The van der Waals surface area contributed by atoms with Gasteiger partial charge in [0.15, 0.2) is 0 Å². The predicted molar refractivity (Wildman–Crippen MR) is 68.5 cm³/mol. The minimum Gasteiger partial charge on any atom is -0.396 e. The monoisotopic (exact) mass is 259 g/mol. The maximum Gasteiger partial charge on any atom is 0.0825 e.